The van der Waals surface area contributed by atoms with Crippen LogP contribution in [0.1, 0.15) is 44.9 Å². The van der Waals surface area contributed by atoms with Gasteiger partial charge in [0.1, 0.15) is 0 Å². The zero-order valence-corrected chi connectivity index (χ0v) is 21.4. The first-order valence-electron chi connectivity index (χ1n) is 12.5. The van der Waals surface area contributed by atoms with Gasteiger partial charge >= 0.3 is 0 Å². The highest BCUT2D eigenvalue weighted by Gasteiger charge is 2.43. The number of nitrogens with one attached hydrogen (secondary N) is 2. The Labute approximate surface area is 209 Å². The number of nitrogens with two attached hydrogens (primary N) is 2. The fourth-order valence-electron chi connectivity index (χ4n) is 5.26. The number of amides is 1. The van der Waals surface area contributed by atoms with Crippen LogP contribution >= 0.6 is 11.6 Å². The predicted octanol–water partition coefficient (Wildman–Crippen LogP) is 2.07. The summed E-state index contributed by atoms with van der Waals surface area (Å²) in [4.78, 5) is 27.1. The van der Waals surface area contributed by atoms with Crippen molar-refractivity contribution in [2.75, 3.05) is 58.2 Å². The second-order valence-corrected chi connectivity index (χ2v) is 9.70. The van der Waals surface area contributed by atoms with Gasteiger partial charge in [-0.05, 0) is 49.9 Å². The number of benzene rings is 1. The molecule has 1 saturated heterocycles. The first-order valence-corrected chi connectivity index (χ1v) is 12.9. The maximum Gasteiger partial charge on any atom is 0.284 e. The maximum absolute atomic E-state index is 11.5. The standard InChI is InChI=1S/C18H35N5O2.C7H8ClN/c19-7-10-22(11-8-20)12-13-23-9-4-16(21-17(25)15-24)14-18(23)5-2-1-3-6-18;1-9-7-4-2-6(8)3-5-7/h15-16H,1-14,19-20H2,(H,21,25);2-5,9H,1H3. The summed E-state index contributed by atoms with van der Waals surface area (Å²) >= 11 is 5.64. The Morgan fingerprint density at radius 1 is 1.15 bits per heavy atom. The van der Waals surface area contributed by atoms with Gasteiger partial charge in [-0.1, -0.05) is 30.9 Å². The smallest absolute Gasteiger partial charge is 0.284 e. The molecule has 34 heavy (non-hydrogen) atoms. The van der Waals surface area contributed by atoms with Gasteiger partial charge < -0.3 is 22.1 Å². The van der Waals surface area contributed by atoms with Crippen molar-refractivity contribution in [3.63, 3.8) is 0 Å². The van der Waals surface area contributed by atoms with Gasteiger partial charge in [0.15, 0.2) is 0 Å². The molecule has 1 saturated carbocycles. The van der Waals surface area contributed by atoms with Gasteiger partial charge in [0.25, 0.3) is 5.91 Å². The lowest BCUT2D eigenvalue weighted by atomic mass is 9.73. The molecule has 1 spiro atoms. The minimum atomic E-state index is -0.485. The van der Waals surface area contributed by atoms with Crippen LogP contribution in [-0.2, 0) is 9.59 Å². The number of anilines is 1. The molecule has 1 aromatic carbocycles. The van der Waals surface area contributed by atoms with Crippen LogP contribution in [0.3, 0.4) is 0 Å². The van der Waals surface area contributed by atoms with Gasteiger partial charge in [0.05, 0.1) is 0 Å². The van der Waals surface area contributed by atoms with Gasteiger partial charge in [-0.2, -0.15) is 0 Å². The predicted molar refractivity (Wildman–Crippen MR) is 140 cm³/mol. The van der Waals surface area contributed by atoms with Crippen molar-refractivity contribution in [2.45, 2.75) is 56.5 Å². The van der Waals surface area contributed by atoms with E-state index >= 15 is 0 Å². The van der Waals surface area contributed by atoms with E-state index in [1.165, 1.54) is 32.1 Å². The third-order valence-corrected chi connectivity index (χ3v) is 7.24. The Kier molecular flexibility index (Phi) is 12.9. The van der Waals surface area contributed by atoms with Crippen molar-refractivity contribution in [3.8, 4) is 0 Å². The van der Waals surface area contributed by atoms with Crippen molar-refractivity contribution in [1.82, 2.24) is 15.1 Å². The maximum atomic E-state index is 11.5. The topological polar surface area (TPSA) is 117 Å². The summed E-state index contributed by atoms with van der Waals surface area (Å²) in [5.41, 5.74) is 12.7. The number of hydrogen-bond acceptors (Lipinski definition) is 7. The van der Waals surface area contributed by atoms with Crippen LogP contribution in [0.15, 0.2) is 24.3 Å². The summed E-state index contributed by atoms with van der Waals surface area (Å²) in [6, 6.07) is 7.70. The highest BCUT2D eigenvalue weighted by atomic mass is 35.5. The fourth-order valence-corrected chi connectivity index (χ4v) is 5.38. The van der Waals surface area contributed by atoms with Gasteiger partial charge in [0.2, 0.25) is 6.29 Å². The normalized spacial score (nSPS) is 19.9. The van der Waals surface area contributed by atoms with E-state index in [0.717, 1.165) is 56.3 Å². The Morgan fingerprint density at radius 3 is 2.35 bits per heavy atom. The molecule has 1 aliphatic carbocycles. The molecule has 1 unspecified atom stereocenters. The van der Waals surface area contributed by atoms with Crippen LogP contribution in [0.4, 0.5) is 5.69 Å². The summed E-state index contributed by atoms with van der Waals surface area (Å²) in [5.74, 6) is -0.485. The quantitative estimate of drug-likeness (QED) is 0.290. The number of carbonyl (C=O) groups is 2. The van der Waals surface area contributed by atoms with Crippen LogP contribution in [0, 0.1) is 0 Å². The zero-order valence-electron chi connectivity index (χ0n) is 20.6. The van der Waals surface area contributed by atoms with Crippen molar-refractivity contribution < 1.29 is 9.59 Å². The molecule has 1 aromatic rings. The van der Waals surface area contributed by atoms with Gasteiger partial charge in [-0.25, -0.2) is 0 Å². The number of aldehydes is 1. The molecule has 192 valence electrons. The minimum Gasteiger partial charge on any atom is -0.388 e. The highest BCUT2D eigenvalue weighted by molar-refractivity contribution is 6.30. The fraction of sp³-hybridized carbons (Fsp3) is 0.680. The van der Waals surface area contributed by atoms with E-state index in [1.807, 2.05) is 31.3 Å². The molecule has 0 aromatic heterocycles. The van der Waals surface area contributed by atoms with Gasteiger partial charge in [0, 0.05) is 75.2 Å². The average Bonchev–Trinajstić information content (AvgIpc) is 2.85. The van der Waals surface area contributed by atoms with E-state index in [4.69, 9.17) is 23.1 Å². The van der Waals surface area contributed by atoms with E-state index in [1.54, 1.807) is 0 Å². The summed E-state index contributed by atoms with van der Waals surface area (Å²) < 4.78 is 0. The number of halogens is 1. The number of piperidine rings is 1. The Balaban J connectivity index is 0.000000379. The molecular weight excluding hydrogens is 452 g/mol. The van der Waals surface area contributed by atoms with Crippen molar-refractivity contribution in [2.24, 2.45) is 11.5 Å². The SMILES string of the molecule is CNc1ccc(Cl)cc1.NCCN(CCN)CCN1CCC(NC(=O)C=O)CC12CCCCC2. The molecule has 8 nitrogen and oxygen atoms in total. The van der Waals surface area contributed by atoms with Gasteiger partial charge in [-0.15, -0.1) is 0 Å². The first kappa shape index (κ1) is 28.5. The molecule has 2 aliphatic rings. The summed E-state index contributed by atoms with van der Waals surface area (Å²) in [7, 11) is 1.88. The lowest BCUT2D eigenvalue weighted by Crippen LogP contribution is -2.60. The number of nitrogens with zero attached hydrogens (tertiary/aromatic N) is 2. The molecule has 3 rings (SSSR count). The van der Waals surface area contributed by atoms with Gasteiger partial charge in [-0.3, -0.25) is 19.4 Å². The largest absolute Gasteiger partial charge is 0.388 e. The highest BCUT2D eigenvalue weighted by Crippen LogP contribution is 2.40. The summed E-state index contributed by atoms with van der Waals surface area (Å²) in [6.07, 6.45) is 8.43. The molecule has 6 N–H and O–H groups in total. The number of likely N-dealkylation sites (tertiary alicyclic amines) is 1. The van der Waals surface area contributed by atoms with E-state index in [9.17, 15) is 9.59 Å². The van der Waals surface area contributed by atoms with E-state index in [-0.39, 0.29) is 11.6 Å². The van der Waals surface area contributed by atoms with E-state index in [0.29, 0.717) is 19.4 Å². The average molecular weight is 495 g/mol. The van der Waals surface area contributed by atoms with E-state index in [2.05, 4.69) is 20.4 Å². The second kappa shape index (κ2) is 15.3. The third kappa shape index (κ3) is 9.15. The zero-order chi connectivity index (χ0) is 24.8. The van der Waals surface area contributed by atoms with E-state index < -0.39 is 5.91 Å². The Hall–Kier alpha value is -1.71. The molecule has 1 amide bonds. The third-order valence-electron chi connectivity index (χ3n) is 6.99. The number of rotatable bonds is 10. The summed E-state index contributed by atoms with van der Waals surface area (Å²) in [6.45, 7) is 6.07. The van der Waals surface area contributed by atoms with Crippen molar-refractivity contribution in [1.29, 1.82) is 0 Å². The Bertz CT molecular complexity index is 721. The lowest BCUT2D eigenvalue weighted by molar-refractivity contribution is -0.132. The monoisotopic (exact) mass is 494 g/mol. The van der Waals surface area contributed by atoms with Crippen LogP contribution in [0.25, 0.3) is 0 Å². The van der Waals surface area contributed by atoms with Crippen LogP contribution < -0.4 is 22.1 Å². The van der Waals surface area contributed by atoms with Crippen molar-refractivity contribution >= 4 is 29.5 Å². The molecular formula is C25H43ClN6O2. The Morgan fingerprint density at radius 2 is 1.79 bits per heavy atom. The molecule has 1 aliphatic heterocycles. The molecule has 1 atom stereocenters. The van der Waals surface area contributed by atoms with Crippen LogP contribution in [0.5, 0.6) is 0 Å². The summed E-state index contributed by atoms with van der Waals surface area (Å²) in [5, 5.41) is 6.66. The number of carbonyl (C=O) groups excluding carboxylic acids is 2. The number of hydrogen-bond donors (Lipinski definition) is 4. The minimum absolute atomic E-state index is 0.122. The molecule has 0 bridgehead atoms. The molecule has 2 fully saturated rings. The molecule has 1 heterocycles. The second-order valence-electron chi connectivity index (χ2n) is 9.26. The molecule has 9 heteroatoms. The molecule has 0 radical (unpaired) electrons. The van der Waals surface area contributed by atoms with Crippen molar-refractivity contribution in [3.05, 3.63) is 29.3 Å². The first-order chi connectivity index (χ1) is 16.5. The van der Waals surface area contributed by atoms with Crippen LogP contribution in [0.2, 0.25) is 5.02 Å². The van der Waals surface area contributed by atoms with Crippen LogP contribution in [-0.4, -0.2) is 86.4 Å². The lowest BCUT2D eigenvalue weighted by Gasteiger charge is -2.52.